The van der Waals surface area contributed by atoms with E-state index in [9.17, 15) is 5.11 Å². The van der Waals surface area contributed by atoms with Crippen LogP contribution in [0.25, 0.3) is 0 Å². The van der Waals surface area contributed by atoms with Gasteiger partial charge in [0.2, 0.25) is 0 Å². The first kappa shape index (κ1) is 15.6. The highest BCUT2D eigenvalue weighted by Gasteiger charge is 2.21. The maximum atomic E-state index is 10.2. The quantitative estimate of drug-likeness (QED) is 0.410. The zero-order chi connectivity index (χ0) is 14.3. The molecule has 0 atom stereocenters. The second kappa shape index (κ2) is 7.22. The molecule has 0 unspecified atom stereocenters. The summed E-state index contributed by atoms with van der Waals surface area (Å²) in [5, 5.41) is 13.3. The number of anilines is 2. The molecule has 108 valence electrons. The fourth-order valence-corrected chi connectivity index (χ4v) is 1.61. The number of ether oxygens (including phenoxy) is 1. The monoisotopic (exact) mass is 269 g/mol. The molecule has 1 aromatic rings. The average molecular weight is 269 g/mol. The molecule has 0 aliphatic carbocycles. The summed E-state index contributed by atoms with van der Waals surface area (Å²) in [5.41, 5.74) is 1.75. The van der Waals surface area contributed by atoms with Crippen molar-refractivity contribution < 1.29 is 9.84 Å². The Morgan fingerprint density at radius 2 is 1.95 bits per heavy atom. The van der Waals surface area contributed by atoms with Crippen molar-refractivity contribution in [3.8, 4) is 0 Å². The SMILES string of the molecule is CCC(O)(CC)CNc1cc(NN)nc(COC)n1. The standard InChI is InChI=1S/C12H23N5O2/c1-4-12(18,5-2)8-14-9-6-10(17-13)16-11(15-9)7-19-3/h6,18H,4-5,7-8,13H2,1-3H3,(H2,14,15,16,17). The number of nitrogen functional groups attached to an aromatic ring is 1. The van der Waals surface area contributed by atoms with Crippen molar-refractivity contribution in [3.63, 3.8) is 0 Å². The van der Waals surface area contributed by atoms with Crippen LogP contribution in [0.2, 0.25) is 0 Å². The van der Waals surface area contributed by atoms with E-state index in [2.05, 4.69) is 20.7 Å². The highest BCUT2D eigenvalue weighted by Crippen LogP contribution is 2.17. The van der Waals surface area contributed by atoms with Gasteiger partial charge in [0.05, 0.1) is 5.60 Å². The Hall–Kier alpha value is -1.44. The maximum absolute atomic E-state index is 10.2. The van der Waals surface area contributed by atoms with Crippen LogP contribution in [0.1, 0.15) is 32.5 Å². The Bertz CT molecular complexity index is 396. The predicted molar refractivity (Wildman–Crippen MR) is 74.6 cm³/mol. The highest BCUT2D eigenvalue weighted by atomic mass is 16.5. The van der Waals surface area contributed by atoms with Gasteiger partial charge >= 0.3 is 0 Å². The Kier molecular flexibility index (Phi) is 5.94. The Balaban J connectivity index is 2.79. The van der Waals surface area contributed by atoms with Crippen molar-refractivity contribution in [3.05, 3.63) is 11.9 Å². The number of hydrogen-bond acceptors (Lipinski definition) is 7. The van der Waals surface area contributed by atoms with Crippen LogP contribution in [0.3, 0.4) is 0 Å². The smallest absolute Gasteiger partial charge is 0.158 e. The first-order valence-electron chi connectivity index (χ1n) is 6.36. The normalized spacial score (nSPS) is 11.4. The van der Waals surface area contributed by atoms with Gasteiger partial charge in [-0.15, -0.1) is 0 Å². The summed E-state index contributed by atoms with van der Waals surface area (Å²) in [4.78, 5) is 8.44. The Morgan fingerprint density at radius 3 is 2.47 bits per heavy atom. The predicted octanol–water partition coefficient (Wildman–Crippen LogP) is 0.872. The van der Waals surface area contributed by atoms with Crippen LogP contribution in [0.15, 0.2) is 6.07 Å². The van der Waals surface area contributed by atoms with E-state index in [0.717, 1.165) is 0 Å². The minimum atomic E-state index is -0.733. The van der Waals surface area contributed by atoms with Gasteiger partial charge in [-0.25, -0.2) is 15.8 Å². The number of nitrogens with one attached hydrogen (secondary N) is 2. The molecule has 1 aromatic heterocycles. The Labute approximate surface area is 113 Å². The van der Waals surface area contributed by atoms with Crippen LogP contribution in [0, 0.1) is 0 Å². The molecule has 0 spiro atoms. The number of nitrogens with zero attached hydrogens (tertiary/aromatic N) is 2. The lowest BCUT2D eigenvalue weighted by molar-refractivity contribution is 0.0456. The molecule has 0 saturated heterocycles. The van der Waals surface area contributed by atoms with Crippen molar-refractivity contribution in [2.75, 3.05) is 24.4 Å². The molecular formula is C12H23N5O2. The largest absolute Gasteiger partial charge is 0.388 e. The van der Waals surface area contributed by atoms with Crippen LogP contribution < -0.4 is 16.6 Å². The number of nitrogens with two attached hydrogens (primary N) is 1. The zero-order valence-electron chi connectivity index (χ0n) is 11.7. The number of hydrazine groups is 1. The molecule has 19 heavy (non-hydrogen) atoms. The van der Waals surface area contributed by atoms with Crippen LogP contribution in [0.5, 0.6) is 0 Å². The van der Waals surface area contributed by atoms with E-state index in [1.807, 2.05) is 13.8 Å². The summed E-state index contributed by atoms with van der Waals surface area (Å²) < 4.78 is 5.00. The first-order valence-corrected chi connectivity index (χ1v) is 6.36. The molecule has 0 aliphatic rings. The molecular weight excluding hydrogens is 246 g/mol. The van der Waals surface area contributed by atoms with Gasteiger partial charge in [-0.05, 0) is 12.8 Å². The second-order valence-electron chi connectivity index (χ2n) is 4.42. The van der Waals surface area contributed by atoms with Crippen LogP contribution >= 0.6 is 0 Å². The van der Waals surface area contributed by atoms with E-state index in [1.165, 1.54) is 0 Å². The highest BCUT2D eigenvalue weighted by molar-refractivity contribution is 5.47. The molecule has 0 fully saturated rings. The molecule has 1 rings (SSSR count). The van der Waals surface area contributed by atoms with Crippen molar-refractivity contribution in [1.82, 2.24) is 9.97 Å². The van der Waals surface area contributed by atoms with Crippen molar-refractivity contribution in [1.29, 1.82) is 0 Å². The average Bonchev–Trinajstić information content (AvgIpc) is 2.45. The molecule has 1 heterocycles. The number of rotatable bonds is 8. The summed E-state index contributed by atoms with van der Waals surface area (Å²) in [6.07, 6.45) is 1.35. The molecule has 0 saturated carbocycles. The van der Waals surface area contributed by atoms with Gasteiger partial charge in [0.1, 0.15) is 18.2 Å². The number of aromatic nitrogens is 2. The fraction of sp³-hybridized carbons (Fsp3) is 0.667. The third-order valence-electron chi connectivity index (χ3n) is 3.11. The summed E-state index contributed by atoms with van der Waals surface area (Å²) in [6, 6.07) is 1.69. The minimum absolute atomic E-state index is 0.302. The number of aliphatic hydroxyl groups is 1. The maximum Gasteiger partial charge on any atom is 0.158 e. The van der Waals surface area contributed by atoms with Crippen LogP contribution in [-0.4, -0.2) is 34.3 Å². The van der Waals surface area contributed by atoms with Gasteiger partial charge in [-0.3, -0.25) is 0 Å². The van der Waals surface area contributed by atoms with Gasteiger partial charge in [-0.2, -0.15) is 0 Å². The molecule has 0 amide bonds. The number of methoxy groups -OCH3 is 1. The molecule has 0 bridgehead atoms. The van der Waals surface area contributed by atoms with Crippen molar-refractivity contribution >= 4 is 11.6 Å². The van der Waals surface area contributed by atoms with Gasteiger partial charge in [-0.1, -0.05) is 13.8 Å². The first-order chi connectivity index (χ1) is 9.06. The minimum Gasteiger partial charge on any atom is -0.388 e. The van der Waals surface area contributed by atoms with Crippen molar-refractivity contribution in [2.45, 2.75) is 38.9 Å². The topological polar surface area (TPSA) is 105 Å². The van der Waals surface area contributed by atoms with Crippen LogP contribution in [-0.2, 0) is 11.3 Å². The third kappa shape index (κ3) is 4.62. The molecule has 7 heteroatoms. The summed E-state index contributed by atoms with van der Waals surface area (Å²) in [6.45, 7) is 4.63. The zero-order valence-corrected chi connectivity index (χ0v) is 11.7. The van der Waals surface area contributed by atoms with E-state index in [-0.39, 0.29) is 0 Å². The van der Waals surface area contributed by atoms with Gasteiger partial charge < -0.3 is 20.6 Å². The third-order valence-corrected chi connectivity index (χ3v) is 3.11. The molecule has 0 aromatic carbocycles. The summed E-state index contributed by atoms with van der Waals surface area (Å²) in [7, 11) is 1.58. The van der Waals surface area contributed by atoms with E-state index >= 15 is 0 Å². The Morgan fingerprint density at radius 1 is 1.32 bits per heavy atom. The summed E-state index contributed by atoms with van der Waals surface area (Å²) >= 11 is 0. The number of hydrogen-bond donors (Lipinski definition) is 4. The van der Waals surface area contributed by atoms with Gasteiger partial charge in [0, 0.05) is 19.7 Å². The van der Waals surface area contributed by atoms with Gasteiger partial charge in [0.15, 0.2) is 5.82 Å². The second-order valence-corrected chi connectivity index (χ2v) is 4.42. The van der Waals surface area contributed by atoms with E-state index in [4.69, 9.17) is 10.6 Å². The molecule has 7 nitrogen and oxygen atoms in total. The molecule has 0 radical (unpaired) electrons. The lowest BCUT2D eigenvalue weighted by atomic mass is 9.98. The van der Waals surface area contributed by atoms with E-state index < -0.39 is 5.60 Å². The van der Waals surface area contributed by atoms with E-state index in [0.29, 0.717) is 43.5 Å². The molecule has 0 aliphatic heterocycles. The fourth-order valence-electron chi connectivity index (χ4n) is 1.61. The lowest BCUT2D eigenvalue weighted by Crippen LogP contribution is -2.35. The molecule has 5 N–H and O–H groups in total. The van der Waals surface area contributed by atoms with Crippen LogP contribution in [0.4, 0.5) is 11.6 Å². The van der Waals surface area contributed by atoms with E-state index in [1.54, 1.807) is 13.2 Å². The van der Waals surface area contributed by atoms with Gasteiger partial charge in [0.25, 0.3) is 0 Å². The van der Waals surface area contributed by atoms with Crippen molar-refractivity contribution in [2.24, 2.45) is 5.84 Å². The summed E-state index contributed by atoms with van der Waals surface area (Å²) in [5.74, 6) is 6.99. The lowest BCUT2D eigenvalue weighted by Gasteiger charge is -2.25.